The first kappa shape index (κ1) is 10.2. The summed E-state index contributed by atoms with van der Waals surface area (Å²) in [5, 5.41) is 6.16. The summed E-state index contributed by atoms with van der Waals surface area (Å²) in [4.78, 5) is 8.49. The molecule has 1 N–H and O–H groups in total. The third kappa shape index (κ3) is 2.56. The molecule has 0 amide bonds. The third-order valence-corrected chi connectivity index (χ3v) is 2.82. The second-order valence-electron chi connectivity index (χ2n) is 3.22. The minimum atomic E-state index is 0.588. The highest BCUT2D eigenvalue weighted by Crippen LogP contribution is 2.16. The topological polar surface area (TPSA) is 51.0 Å². The largest absolute Gasteiger partial charge is 0.444 e. The fourth-order valence-corrected chi connectivity index (χ4v) is 1.98. The van der Waals surface area contributed by atoms with Crippen LogP contribution in [-0.2, 0) is 13.0 Å². The van der Waals surface area contributed by atoms with Crippen LogP contribution in [0.3, 0.4) is 0 Å². The Morgan fingerprint density at radius 2 is 2.40 bits per heavy atom. The number of aromatic nitrogens is 2. The van der Waals surface area contributed by atoms with Crippen molar-refractivity contribution in [1.82, 2.24) is 9.97 Å². The van der Waals surface area contributed by atoms with Crippen LogP contribution in [0.25, 0.3) is 0 Å². The van der Waals surface area contributed by atoms with Crippen molar-refractivity contribution in [3.63, 3.8) is 0 Å². The Hall–Kier alpha value is -1.36. The van der Waals surface area contributed by atoms with Crippen LogP contribution in [0.5, 0.6) is 0 Å². The SMILES string of the molecule is CCc1csc(NCc2ncc(C)o2)n1. The predicted octanol–water partition coefficient (Wildman–Crippen LogP) is 2.61. The van der Waals surface area contributed by atoms with Crippen LogP contribution in [0.1, 0.15) is 24.3 Å². The molecule has 2 rings (SSSR count). The van der Waals surface area contributed by atoms with E-state index in [0.717, 1.165) is 23.0 Å². The van der Waals surface area contributed by atoms with Gasteiger partial charge in [0.15, 0.2) is 5.13 Å². The molecule has 0 aliphatic rings. The second-order valence-corrected chi connectivity index (χ2v) is 4.07. The molecule has 0 saturated carbocycles. The molecule has 5 heteroatoms. The minimum absolute atomic E-state index is 0.588. The quantitative estimate of drug-likeness (QED) is 0.865. The summed E-state index contributed by atoms with van der Waals surface area (Å²) in [7, 11) is 0. The van der Waals surface area contributed by atoms with Gasteiger partial charge in [-0.1, -0.05) is 6.92 Å². The fourth-order valence-electron chi connectivity index (χ4n) is 1.18. The van der Waals surface area contributed by atoms with Crippen LogP contribution >= 0.6 is 11.3 Å². The summed E-state index contributed by atoms with van der Waals surface area (Å²) in [6, 6.07) is 0. The highest BCUT2D eigenvalue weighted by molar-refractivity contribution is 7.13. The number of nitrogens with one attached hydrogen (secondary N) is 1. The maximum atomic E-state index is 5.34. The lowest BCUT2D eigenvalue weighted by Gasteiger charge is -1.97. The first-order valence-electron chi connectivity index (χ1n) is 4.87. The van der Waals surface area contributed by atoms with Crippen molar-refractivity contribution in [2.75, 3.05) is 5.32 Å². The van der Waals surface area contributed by atoms with Crippen LogP contribution < -0.4 is 5.32 Å². The van der Waals surface area contributed by atoms with E-state index in [4.69, 9.17) is 4.42 Å². The molecule has 0 radical (unpaired) electrons. The van der Waals surface area contributed by atoms with Crippen molar-refractivity contribution >= 4 is 16.5 Å². The molecule has 0 aromatic carbocycles. The molecule has 2 heterocycles. The number of thiazole rings is 1. The van der Waals surface area contributed by atoms with E-state index in [-0.39, 0.29) is 0 Å². The summed E-state index contributed by atoms with van der Waals surface area (Å²) in [6.07, 6.45) is 2.69. The average molecular weight is 223 g/mol. The third-order valence-electron chi connectivity index (χ3n) is 1.97. The van der Waals surface area contributed by atoms with Gasteiger partial charge in [-0.3, -0.25) is 0 Å². The van der Waals surface area contributed by atoms with E-state index >= 15 is 0 Å². The zero-order chi connectivity index (χ0) is 10.7. The van der Waals surface area contributed by atoms with Crippen LogP contribution in [0.2, 0.25) is 0 Å². The van der Waals surface area contributed by atoms with Crippen LogP contribution in [0.15, 0.2) is 16.0 Å². The van der Waals surface area contributed by atoms with E-state index in [1.54, 1.807) is 17.5 Å². The first-order chi connectivity index (χ1) is 7.28. The molecule has 0 spiro atoms. The van der Waals surface area contributed by atoms with E-state index < -0.39 is 0 Å². The van der Waals surface area contributed by atoms with Crippen LogP contribution in [0.4, 0.5) is 5.13 Å². The average Bonchev–Trinajstić information content (AvgIpc) is 2.83. The first-order valence-corrected chi connectivity index (χ1v) is 5.75. The van der Waals surface area contributed by atoms with Crippen molar-refractivity contribution in [2.45, 2.75) is 26.8 Å². The zero-order valence-electron chi connectivity index (χ0n) is 8.78. The molecule has 2 aromatic rings. The van der Waals surface area contributed by atoms with E-state index in [0.29, 0.717) is 12.4 Å². The van der Waals surface area contributed by atoms with Crippen LogP contribution in [-0.4, -0.2) is 9.97 Å². The lowest BCUT2D eigenvalue weighted by Crippen LogP contribution is -1.99. The van der Waals surface area contributed by atoms with Gasteiger partial charge in [0.2, 0.25) is 5.89 Å². The zero-order valence-corrected chi connectivity index (χ0v) is 9.60. The Morgan fingerprint density at radius 3 is 3.00 bits per heavy atom. The lowest BCUT2D eigenvalue weighted by molar-refractivity contribution is 0.479. The van der Waals surface area contributed by atoms with Gasteiger partial charge in [-0.2, -0.15) is 0 Å². The Labute approximate surface area is 92.4 Å². The summed E-state index contributed by atoms with van der Waals surface area (Å²) in [6.45, 7) is 4.57. The number of hydrogen-bond donors (Lipinski definition) is 1. The van der Waals surface area contributed by atoms with Gasteiger partial charge in [-0.15, -0.1) is 11.3 Å². The van der Waals surface area contributed by atoms with E-state index in [2.05, 4.69) is 27.6 Å². The summed E-state index contributed by atoms with van der Waals surface area (Å²) < 4.78 is 5.34. The molecule has 4 nitrogen and oxygen atoms in total. The highest BCUT2D eigenvalue weighted by atomic mass is 32.1. The molecule has 0 aliphatic heterocycles. The maximum absolute atomic E-state index is 5.34. The molecule has 0 unspecified atom stereocenters. The smallest absolute Gasteiger partial charge is 0.213 e. The molecule has 0 aliphatic carbocycles. The summed E-state index contributed by atoms with van der Waals surface area (Å²) >= 11 is 1.61. The summed E-state index contributed by atoms with van der Waals surface area (Å²) in [5.41, 5.74) is 1.12. The maximum Gasteiger partial charge on any atom is 0.213 e. The molecule has 80 valence electrons. The number of rotatable bonds is 4. The molecular formula is C10H13N3OS. The minimum Gasteiger partial charge on any atom is -0.444 e. The van der Waals surface area contributed by atoms with Gasteiger partial charge < -0.3 is 9.73 Å². The van der Waals surface area contributed by atoms with Gasteiger partial charge in [0, 0.05) is 5.38 Å². The van der Waals surface area contributed by atoms with Gasteiger partial charge in [-0.25, -0.2) is 9.97 Å². The van der Waals surface area contributed by atoms with Crippen molar-refractivity contribution in [3.8, 4) is 0 Å². The number of anilines is 1. The van der Waals surface area contributed by atoms with E-state index in [1.165, 1.54) is 0 Å². The predicted molar refractivity (Wildman–Crippen MR) is 60.1 cm³/mol. The molecular weight excluding hydrogens is 210 g/mol. The summed E-state index contributed by atoms with van der Waals surface area (Å²) in [5.74, 6) is 1.53. The standard InChI is InChI=1S/C10H13N3OS/c1-3-8-6-15-10(13-8)12-5-9-11-4-7(2)14-9/h4,6H,3,5H2,1-2H3,(H,12,13). The Balaban J connectivity index is 1.93. The molecule has 2 aromatic heterocycles. The normalized spacial score (nSPS) is 10.5. The van der Waals surface area contributed by atoms with Crippen molar-refractivity contribution in [2.24, 2.45) is 0 Å². The van der Waals surface area contributed by atoms with Gasteiger partial charge in [0.1, 0.15) is 5.76 Å². The Bertz CT molecular complexity index is 435. The van der Waals surface area contributed by atoms with Crippen molar-refractivity contribution in [3.05, 3.63) is 28.9 Å². The molecule has 0 saturated heterocycles. The number of oxazole rings is 1. The Kier molecular flexibility index (Phi) is 3.01. The van der Waals surface area contributed by atoms with Crippen molar-refractivity contribution in [1.29, 1.82) is 0 Å². The molecule has 0 bridgehead atoms. The fraction of sp³-hybridized carbons (Fsp3) is 0.400. The van der Waals surface area contributed by atoms with Crippen molar-refractivity contribution < 1.29 is 4.42 Å². The Morgan fingerprint density at radius 1 is 1.53 bits per heavy atom. The lowest BCUT2D eigenvalue weighted by atomic mass is 10.4. The molecule has 0 atom stereocenters. The van der Waals surface area contributed by atoms with Gasteiger partial charge in [-0.05, 0) is 13.3 Å². The van der Waals surface area contributed by atoms with Gasteiger partial charge in [0.25, 0.3) is 0 Å². The number of nitrogens with zero attached hydrogens (tertiary/aromatic N) is 2. The van der Waals surface area contributed by atoms with Gasteiger partial charge in [0.05, 0.1) is 18.4 Å². The molecule has 15 heavy (non-hydrogen) atoms. The number of hydrogen-bond acceptors (Lipinski definition) is 5. The monoisotopic (exact) mass is 223 g/mol. The molecule has 0 fully saturated rings. The second kappa shape index (κ2) is 4.44. The van der Waals surface area contributed by atoms with Gasteiger partial charge >= 0.3 is 0 Å². The van der Waals surface area contributed by atoms with E-state index in [9.17, 15) is 0 Å². The van der Waals surface area contributed by atoms with E-state index in [1.807, 2.05) is 6.92 Å². The highest BCUT2D eigenvalue weighted by Gasteiger charge is 2.03. The van der Waals surface area contributed by atoms with Crippen LogP contribution in [0, 0.1) is 6.92 Å². The number of aryl methyl sites for hydroxylation is 2.